The highest BCUT2D eigenvalue weighted by Crippen LogP contribution is 2.41. The minimum Gasteiger partial charge on any atom is -0.481 e. The molecule has 0 aromatic carbocycles. The van der Waals surface area contributed by atoms with Crippen molar-refractivity contribution >= 4 is 23.2 Å². The summed E-state index contributed by atoms with van der Waals surface area (Å²) < 4.78 is 0. The third kappa shape index (κ3) is 4.06. The lowest BCUT2D eigenvalue weighted by atomic mass is 9.82. The Balaban J connectivity index is 1.87. The molecule has 1 unspecified atom stereocenters. The van der Waals surface area contributed by atoms with Crippen molar-refractivity contribution in [3.8, 4) is 0 Å². The van der Waals surface area contributed by atoms with E-state index >= 15 is 0 Å². The predicted molar refractivity (Wildman–Crippen MR) is 83.5 cm³/mol. The number of carbonyl (C=O) groups excluding carboxylic acids is 1. The van der Waals surface area contributed by atoms with Crippen LogP contribution in [0.5, 0.6) is 0 Å². The van der Waals surface area contributed by atoms with E-state index < -0.39 is 11.4 Å². The van der Waals surface area contributed by atoms with Crippen molar-refractivity contribution in [2.24, 2.45) is 5.41 Å². The lowest BCUT2D eigenvalue weighted by Crippen LogP contribution is -2.39. The Hall–Kier alpha value is -1.36. The van der Waals surface area contributed by atoms with Gasteiger partial charge in [0.05, 0.1) is 5.41 Å². The van der Waals surface area contributed by atoms with Gasteiger partial charge in [0.25, 0.3) is 0 Å². The van der Waals surface area contributed by atoms with Gasteiger partial charge in [-0.05, 0) is 38.8 Å². The predicted octanol–water partition coefficient (Wildman–Crippen LogP) is 3.14. The number of nitrogens with one attached hydrogen (secondary N) is 1. The van der Waals surface area contributed by atoms with E-state index in [4.69, 9.17) is 0 Å². The molecule has 1 heterocycles. The molecule has 1 fully saturated rings. The Morgan fingerprint density at radius 3 is 2.57 bits per heavy atom. The van der Waals surface area contributed by atoms with Crippen molar-refractivity contribution < 1.29 is 14.7 Å². The van der Waals surface area contributed by atoms with Crippen molar-refractivity contribution in [3.63, 3.8) is 0 Å². The third-order valence-electron chi connectivity index (χ3n) is 4.22. The van der Waals surface area contributed by atoms with Gasteiger partial charge < -0.3 is 10.4 Å². The Morgan fingerprint density at radius 2 is 2.05 bits per heavy atom. The molecule has 2 N–H and O–H groups in total. The first-order valence-electron chi connectivity index (χ1n) is 7.49. The van der Waals surface area contributed by atoms with Crippen LogP contribution in [0.25, 0.3) is 0 Å². The van der Waals surface area contributed by atoms with Crippen LogP contribution in [0.2, 0.25) is 0 Å². The number of carboxylic acids is 1. The molecular formula is C16H23NO3S. The van der Waals surface area contributed by atoms with Crippen molar-refractivity contribution in [3.05, 3.63) is 21.9 Å². The van der Waals surface area contributed by atoms with Crippen LogP contribution in [-0.4, -0.2) is 23.0 Å². The van der Waals surface area contributed by atoms with E-state index in [1.54, 1.807) is 11.3 Å². The molecule has 5 heteroatoms. The first-order chi connectivity index (χ1) is 9.91. The van der Waals surface area contributed by atoms with Crippen LogP contribution >= 0.6 is 11.3 Å². The minimum atomic E-state index is -0.830. The van der Waals surface area contributed by atoms with E-state index in [2.05, 4.69) is 24.4 Å². The largest absolute Gasteiger partial charge is 0.481 e. The summed E-state index contributed by atoms with van der Waals surface area (Å²) in [6.45, 7) is 4.03. The maximum Gasteiger partial charge on any atom is 0.310 e. The van der Waals surface area contributed by atoms with Crippen LogP contribution in [0.15, 0.2) is 12.1 Å². The molecule has 1 aliphatic rings. The van der Waals surface area contributed by atoms with Crippen LogP contribution in [0.3, 0.4) is 0 Å². The Morgan fingerprint density at radius 1 is 1.38 bits per heavy atom. The van der Waals surface area contributed by atoms with Crippen LogP contribution < -0.4 is 5.32 Å². The van der Waals surface area contributed by atoms with Crippen molar-refractivity contribution in [1.29, 1.82) is 0 Å². The highest BCUT2D eigenvalue weighted by Gasteiger charge is 2.43. The number of rotatable bonds is 6. The average Bonchev–Trinajstić information content (AvgIpc) is 2.99. The van der Waals surface area contributed by atoms with E-state index in [0.29, 0.717) is 12.8 Å². The fraction of sp³-hybridized carbons (Fsp3) is 0.625. The zero-order valence-electron chi connectivity index (χ0n) is 12.6. The third-order valence-corrected chi connectivity index (χ3v) is 5.25. The van der Waals surface area contributed by atoms with Gasteiger partial charge in [-0.25, -0.2) is 0 Å². The molecule has 0 aliphatic heterocycles. The number of carboxylic acid groups (broad SMARTS) is 1. The summed E-state index contributed by atoms with van der Waals surface area (Å²) in [6, 6.07) is 4.19. The zero-order chi connectivity index (χ0) is 15.5. The lowest BCUT2D eigenvalue weighted by Gasteiger charge is -2.24. The van der Waals surface area contributed by atoms with Gasteiger partial charge in [-0.2, -0.15) is 0 Å². The van der Waals surface area contributed by atoms with Gasteiger partial charge in [-0.1, -0.05) is 12.8 Å². The van der Waals surface area contributed by atoms with Crippen molar-refractivity contribution in [2.45, 2.75) is 58.4 Å². The van der Waals surface area contributed by atoms with Gasteiger partial charge in [0, 0.05) is 28.6 Å². The molecule has 1 aromatic heterocycles. The molecular weight excluding hydrogens is 286 g/mol. The smallest absolute Gasteiger partial charge is 0.310 e. The number of hydrogen-bond acceptors (Lipinski definition) is 3. The highest BCUT2D eigenvalue weighted by atomic mass is 32.1. The molecule has 4 nitrogen and oxygen atoms in total. The first-order valence-corrected chi connectivity index (χ1v) is 8.31. The van der Waals surface area contributed by atoms with Crippen LogP contribution in [0, 0.1) is 12.3 Å². The molecule has 0 radical (unpaired) electrons. The molecule has 1 atom stereocenters. The molecule has 0 bridgehead atoms. The van der Waals surface area contributed by atoms with E-state index in [-0.39, 0.29) is 18.4 Å². The molecule has 2 rings (SSSR count). The number of hydrogen-bond donors (Lipinski definition) is 2. The van der Waals surface area contributed by atoms with Gasteiger partial charge in [-0.3, -0.25) is 9.59 Å². The number of aliphatic carboxylic acids is 1. The van der Waals surface area contributed by atoms with Gasteiger partial charge in [-0.15, -0.1) is 11.3 Å². The standard InChI is InChI=1S/C16H23NO3S/c1-11(9-13-6-5-12(2)21-13)17-14(18)10-16(15(19)20)7-3-4-8-16/h5-6,11H,3-4,7-10H2,1-2H3,(H,17,18)(H,19,20). The second kappa shape index (κ2) is 6.60. The second-order valence-electron chi connectivity index (χ2n) is 6.15. The summed E-state index contributed by atoms with van der Waals surface area (Å²) >= 11 is 1.73. The first kappa shape index (κ1) is 16.0. The summed E-state index contributed by atoms with van der Waals surface area (Å²) in [5.41, 5.74) is -0.830. The number of carbonyl (C=O) groups is 2. The van der Waals surface area contributed by atoms with Gasteiger partial charge in [0.15, 0.2) is 0 Å². The number of aryl methyl sites for hydroxylation is 1. The lowest BCUT2D eigenvalue weighted by molar-refractivity contribution is -0.151. The van der Waals surface area contributed by atoms with E-state index in [1.165, 1.54) is 9.75 Å². The quantitative estimate of drug-likeness (QED) is 0.848. The summed E-state index contributed by atoms with van der Waals surface area (Å²) in [7, 11) is 0. The molecule has 21 heavy (non-hydrogen) atoms. The van der Waals surface area contributed by atoms with Gasteiger partial charge in [0.2, 0.25) is 5.91 Å². The summed E-state index contributed by atoms with van der Waals surface area (Å²) in [5, 5.41) is 12.4. The van der Waals surface area contributed by atoms with Gasteiger partial charge in [0.1, 0.15) is 0 Å². The Labute approximate surface area is 129 Å². The number of thiophene rings is 1. The fourth-order valence-electron chi connectivity index (χ4n) is 3.10. The molecule has 1 aliphatic carbocycles. The van der Waals surface area contributed by atoms with E-state index in [0.717, 1.165) is 19.3 Å². The normalized spacial score (nSPS) is 18.4. The fourth-order valence-corrected chi connectivity index (χ4v) is 4.12. The van der Waals surface area contributed by atoms with Gasteiger partial charge >= 0.3 is 5.97 Å². The molecule has 1 aromatic rings. The summed E-state index contributed by atoms with van der Waals surface area (Å²) in [5.74, 6) is -0.961. The van der Waals surface area contributed by atoms with Crippen molar-refractivity contribution in [2.75, 3.05) is 0 Å². The average molecular weight is 309 g/mol. The van der Waals surface area contributed by atoms with Crippen LogP contribution in [-0.2, 0) is 16.0 Å². The Kier molecular flexibility index (Phi) is 5.04. The maximum atomic E-state index is 12.1. The zero-order valence-corrected chi connectivity index (χ0v) is 13.5. The highest BCUT2D eigenvalue weighted by molar-refractivity contribution is 7.11. The molecule has 0 spiro atoms. The Bertz CT molecular complexity index is 517. The molecule has 116 valence electrons. The van der Waals surface area contributed by atoms with Crippen LogP contribution in [0.4, 0.5) is 0 Å². The van der Waals surface area contributed by atoms with Crippen molar-refractivity contribution in [1.82, 2.24) is 5.32 Å². The minimum absolute atomic E-state index is 0.0304. The molecule has 1 amide bonds. The number of amides is 1. The summed E-state index contributed by atoms with van der Waals surface area (Å²) in [4.78, 5) is 26.1. The monoisotopic (exact) mass is 309 g/mol. The second-order valence-corrected chi connectivity index (χ2v) is 7.53. The topological polar surface area (TPSA) is 66.4 Å². The summed E-state index contributed by atoms with van der Waals surface area (Å²) in [6.07, 6.45) is 3.95. The van der Waals surface area contributed by atoms with E-state index in [1.807, 2.05) is 6.92 Å². The van der Waals surface area contributed by atoms with E-state index in [9.17, 15) is 14.7 Å². The molecule has 0 saturated heterocycles. The molecule has 1 saturated carbocycles. The van der Waals surface area contributed by atoms with Crippen LogP contribution in [0.1, 0.15) is 48.8 Å². The SMILES string of the molecule is Cc1ccc(CC(C)NC(=O)CC2(C(=O)O)CCCC2)s1. The maximum absolute atomic E-state index is 12.1.